The van der Waals surface area contributed by atoms with E-state index in [1.807, 2.05) is 12.1 Å². The molecule has 5 heteroatoms. The van der Waals surface area contributed by atoms with Gasteiger partial charge in [0.1, 0.15) is 0 Å². The molecular weight excluding hydrogens is 260 g/mol. The van der Waals surface area contributed by atoms with Crippen LogP contribution < -0.4 is 5.32 Å². The summed E-state index contributed by atoms with van der Waals surface area (Å²) in [6.07, 6.45) is 1.60. The monoisotopic (exact) mass is 276 g/mol. The van der Waals surface area contributed by atoms with Crippen molar-refractivity contribution in [1.82, 2.24) is 4.98 Å². The highest BCUT2D eigenvalue weighted by molar-refractivity contribution is 7.22. The van der Waals surface area contributed by atoms with Gasteiger partial charge in [-0.3, -0.25) is 4.79 Å². The highest BCUT2D eigenvalue weighted by Crippen LogP contribution is 2.27. The van der Waals surface area contributed by atoms with Crippen LogP contribution in [0.3, 0.4) is 0 Å². The van der Waals surface area contributed by atoms with Gasteiger partial charge in [0.2, 0.25) is 5.91 Å². The number of nitrogens with one attached hydrogen (secondary N) is 1. The molecule has 2 heterocycles. The molecular formula is C14H16N2O2S. The molecule has 0 radical (unpaired) electrons. The minimum Gasteiger partial charge on any atom is -0.381 e. The molecule has 4 nitrogen and oxygen atoms in total. The van der Waals surface area contributed by atoms with Crippen molar-refractivity contribution in [2.24, 2.45) is 5.92 Å². The van der Waals surface area contributed by atoms with Crippen LogP contribution in [0, 0.1) is 12.8 Å². The predicted octanol–water partition coefficient (Wildman–Crippen LogP) is 2.97. The summed E-state index contributed by atoms with van der Waals surface area (Å²) in [5, 5.41) is 3.63. The fourth-order valence-corrected chi connectivity index (χ4v) is 3.22. The molecule has 0 bridgehead atoms. The number of hydrogen-bond acceptors (Lipinski definition) is 4. The Kier molecular flexibility index (Phi) is 3.48. The molecule has 1 fully saturated rings. The molecule has 1 N–H and O–H groups in total. The molecule has 100 valence electrons. The molecule has 1 amide bonds. The number of hydrogen-bond donors (Lipinski definition) is 1. The van der Waals surface area contributed by atoms with Gasteiger partial charge in [0.15, 0.2) is 5.13 Å². The smallest absolute Gasteiger partial charge is 0.229 e. The van der Waals surface area contributed by atoms with E-state index in [-0.39, 0.29) is 11.8 Å². The Morgan fingerprint density at radius 1 is 1.42 bits per heavy atom. The number of carbonyl (C=O) groups is 1. The summed E-state index contributed by atoms with van der Waals surface area (Å²) in [5.41, 5.74) is 2.15. The van der Waals surface area contributed by atoms with Gasteiger partial charge in [0.05, 0.1) is 10.2 Å². The van der Waals surface area contributed by atoms with E-state index in [1.54, 1.807) is 0 Å². The Hall–Kier alpha value is -1.46. The van der Waals surface area contributed by atoms with Gasteiger partial charge < -0.3 is 10.1 Å². The summed E-state index contributed by atoms with van der Waals surface area (Å²) < 4.78 is 6.38. The zero-order valence-electron chi connectivity index (χ0n) is 10.8. The highest BCUT2D eigenvalue weighted by Gasteiger charge is 2.22. The van der Waals surface area contributed by atoms with Gasteiger partial charge in [-0.25, -0.2) is 4.98 Å². The van der Waals surface area contributed by atoms with Gasteiger partial charge in [0, 0.05) is 19.1 Å². The summed E-state index contributed by atoms with van der Waals surface area (Å²) >= 11 is 1.53. The number of ether oxygens (including phenoxy) is 1. The number of amides is 1. The number of fused-ring (bicyclic) bond motifs is 1. The van der Waals surface area contributed by atoms with Gasteiger partial charge in [-0.2, -0.15) is 0 Å². The van der Waals surface area contributed by atoms with E-state index >= 15 is 0 Å². The number of aryl methyl sites for hydroxylation is 1. The quantitative estimate of drug-likeness (QED) is 0.917. The number of carbonyl (C=O) groups excluding carboxylic acids is 1. The molecule has 0 aliphatic carbocycles. The number of thiazole rings is 1. The third kappa shape index (κ3) is 2.77. The van der Waals surface area contributed by atoms with Crippen LogP contribution in [0.5, 0.6) is 0 Å². The van der Waals surface area contributed by atoms with E-state index in [2.05, 4.69) is 23.3 Å². The average Bonchev–Trinajstić information content (AvgIpc) is 2.81. The van der Waals surface area contributed by atoms with Gasteiger partial charge in [-0.05, 0) is 37.5 Å². The minimum absolute atomic E-state index is 0.0579. The third-order valence-electron chi connectivity index (χ3n) is 3.37. The third-order valence-corrected chi connectivity index (χ3v) is 4.30. The van der Waals surface area contributed by atoms with E-state index in [4.69, 9.17) is 4.74 Å². The van der Waals surface area contributed by atoms with Crippen LogP contribution in [0.25, 0.3) is 10.2 Å². The molecule has 1 aliphatic heterocycles. The Balaban J connectivity index is 1.75. The van der Waals surface area contributed by atoms with Crippen molar-refractivity contribution in [2.75, 3.05) is 18.5 Å². The van der Waals surface area contributed by atoms with Crippen molar-refractivity contribution in [1.29, 1.82) is 0 Å². The first-order chi connectivity index (χ1) is 9.22. The Morgan fingerprint density at radius 2 is 2.21 bits per heavy atom. The molecule has 2 aromatic rings. The zero-order valence-corrected chi connectivity index (χ0v) is 11.6. The van der Waals surface area contributed by atoms with E-state index in [0.29, 0.717) is 18.3 Å². The van der Waals surface area contributed by atoms with Crippen molar-refractivity contribution in [3.63, 3.8) is 0 Å². The molecule has 0 spiro atoms. The molecule has 0 saturated carbocycles. The van der Waals surface area contributed by atoms with Crippen molar-refractivity contribution < 1.29 is 9.53 Å². The minimum atomic E-state index is 0.0579. The second-order valence-electron chi connectivity index (χ2n) is 4.87. The molecule has 19 heavy (non-hydrogen) atoms. The Bertz CT molecular complexity index is 603. The van der Waals surface area contributed by atoms with Crippen LogP contribution in [0.15, 0.2) is 18.2 Å². The van der Waals surface area contributed by atoms with Crippen LogP contribution in [0.2, 0.25) is 0 Å². The molecule has 1 saturated heterocycles. The Morgan fingerprint density at radius 3 is 3.00 bits per heavy atom. The van der Waals surface area contributed by atoms with E-state index < -0.39 is 0 Å². The van der Waals surface area contributed by atoms with Crippen LogP contribution >= 0.6 is 11.3 Å². The fourth-order valence-electron chi connectivity index (χ4n) is 2.25. The van der Waals surface area contributed by atoms with Crippen molar-refractivity contribution in [2.45, 2.75) is 19.8 Å². The summed E-state index contributed by atoms with van der Waals surface area (Å²) in [6.45, 7) is 3.41. The van der Waals surface area contributed by atoms with E-state index in [0.717, 1.165) is 23.1 Å². The van der Waals surface area contributed by atoms with Crippen LogP contribution in [0.4, 0.5) is 5.13 Å². The van der Waals surface area contributed by atoms with Gasteiger partial charge in [-0.15, -0.1) is 0 Å². The molecule has 0 unspecified atom stereocenters. The van der Waals surface area contributed by atoms with Crippen molar-refractivity contribution in [3.8, 4) is 0 Å². The lowest BCUT2D eigenvalue weighted by atomic mass is 10.00. The number of aromatic nitrogens is 1. The molecule has 1 aromatic heterocycles. The lowest BCUT2D eigenvalue weighted by Crippen LogP contribution is -2.28. The summed E-state index contributed by atoms with van der Waals surface area (Å²) in [4.78, 5) is 16.6. The highest BCUT2D eigenvalue weighted by atomic mass is 32.1. The molecule has 1 aliphatic rings. The average molecular weight is 276 g/mol. The lowest BCUT2D eigenvalue weighted by molar-refractivity contribution is -0.122. The van der Waals surface area contributed by atoms with Crippen LogP contribution in [-0.4, -0.2) is 24.1 Å². The maximum atomic E-state index is 12.1. The lowest BCUT2D eigenvalue weighted by Gasteiger charge is -2.20. The maximum absolute atomic E-state index is 12.1. The van der Waals surface area contributed by atoms with Crippen molar-refractivity contribution in [3.05, 3.63) is 23.8 Å². The molecule has 0 atom stereocenters. The number of nitrogens with zero attached hydrogens (tertiary/aromatic N) is 1. The van der Waals surface area contributed by atoms with E-state index in [9.17, 15) is 4.79 Å². The first kappa shape index (κ1) is 12.6. The SMILES string of the molecule is Cc1ccc2nc(NC(=O)C3CCOCC3)sc2c1. The summed E-state index contributed by atoms with van der Waals surface area (Å²) in [5.74, 6) is 0.126. The summed E-state index contributed by atoms with van der Waals surface area (Å²) in [7, 11) is 0. The second-order valence-corrected chi connectivity index (χ2v) is 5.90. The van der Waals surface area contributed by atoms with Gasteiger partial charge >= 0.3 is 0 Å². The number of anilines is 1. The largest absolute Gasteiger partial charge is 0.381 e. The van der Waals surface area contributed by atoms with E-state index in [1.165, 1.54) is 16.9 Å². The van der Waals surface area contributed by atoms with Crippen LogP contribution in [0.1, 0.15) is 18.4 Å². The van der Waals surface area contributed by atoms with Crippen molar-refractivity contribution >= 4 is 32.6 Å². The topological polar surface area (TPSA) is 51.2 Å². The number of benzene rings is 1. The van der Waals surface area contributed by atoms with Crippen LogP contribution in [-0.2, 0) is 9.53 Å². The first-order valence-corrected chi connectivity index (χ1v) is 7.30. The standard InChI is InChI=1S/C14H16N2O2S/c1-9-2-3-11-12(8-9)19-14(15-11)16-13(17)10-4-6-18-7-5-10/h2-3,8,10H,4-7H2,1H3,(H,15,16,17). The molecule has 3 rings (SSSR count). The van der Waals surface area contributed by atoms with Gasteiger partial charge in [-0.1, -0.05) is 17.4 Å². The second kappa shape index (κ2) is 5.27. The Labute approximate surface area is 115 Å². The fraction of sp³-hybridized carbons (Fsp3) is 0.429. The number of rotatable bonds is 2. The normalized spacial score (nSPS) is 16.7. The summed E-state index contributed by atoms with van der Waals surface area (Å²) in [6, 6.07) is 6.12. The molecule has 1 aromatic carbocycles. The zero-order chi connectivity index (χ0) is 13.2. The van der Waals surface area contributed by atoms with Gasteiger partial charge in [0.25, 0.3) is 0 Å². The predicted molar refractivity (Wildman–Crippen MR) is 76.5 cm³/mol. The first-order valence-electron chi connectivity index (χ1n) is 6.48. The maximum Gasteiger partial charge on any atom is 0.229 e.